The molecule has 1 aliphatic heterocycles. The quantitative estimate of drug-likeness (QED) is 0.327. The molecule has 1 heterocycles. The molecule has 3 aliphatic rings. The largest absolute Gasteiger partial charge is 0.490 e. The van der Waals surface area contributed by atoms with Gasteiger partial charge in [0.05, 0.1) is 11.1 Å². The van der Waals surface area contributed by atoms with E-state index in [0.29, 0.717) is 82.6 Å². The fourth-order valence-electron chi connectivity index (χ4n) is 5.90. The smallest absolute Gasteiger partial charge is 0.175 e. The summed E-state index contributed by atoms with van der Waals surface area (Å²) in [4.78, 5) is 27.3. The summed E-state index contributed by atoms with van der Waals surface area (Å²) in [5, 5.41) is 0.666. The first-order chi connectivity index (χ1) is 18.4. The standard InChI is InChI=1S/C32H34BrClO5/c1-6-37-24-12-19(11-21(33)30(24)38-17-18-7-9-20(34)10-8-18)27-28-22(35)13-31(2,3)15-25(28)39-26-16-32(4,5)14-23(36)29(26)27/h7-12,27H,6,13-17H2,1-5H3. The second-order valence-corrected chi connectivity index (χ2v) is 13.6. The highest BCUT2D eigenvalue weighted by Gasteiger charge is 2.48. The van der Waals surface area contributed by atoms with Crippen LogP contribution in [0.1, 0.15) is 77.3 Å². The molecule has 2 aromatic carbocycles. The SMILES string of the molecule is CCOc1cc(C2C3=C(CC(C)(C)CC3=O)OC3=C2C(=O)CC(C)(C)C3)cc(Br)c1OCc1ccc(Cl)cc1. The van der Waals surface area contributed by atoms with Crippen molar-refractivity contribution in [1.82, 2.24) is 0 Å². The third-order valence-corrected chi connectivity index (χ3v) is 8.38. The van der Waals surface area contributed by atoms with Gasteiger partial charge in [0.1, 0.15) is 18.1 Å². The van der Waals surface area contributed by atoms with Crippen molar-refractivity contribution in [1.29, 1.82) is 0 Å². The van der Waals surface area contributed by atoms with Crippen LogP contribution in [0.2, 0.25) is 5.02 Å². The summed E-state index contributed by atoms with van der Waals surface area (Å²) in [6, 6.07) is 11.4. The molecule has 0 unspecified atom stereocenters. The third kappa shape index (κ3) is 5.69. The molecule has 0 fully saturated rings. The van der Waals surface area contributed by atoms with Gasteiger partial charge in [-0.15, -0.1) is 0 Å². The first-order valence-corrected chi connectivity index (χ1v) is 14.6. The van der Waals surface area contributed by atoms with Gasteiger partial charge < -0.3 is 14.2 Å². The lowest BCUT2D eigenvalue weighted by atomic mass is 9.65. The molecule has 0 saturated heterocycles. The van der Waals surface area contributed by atoms with Gasteiger partial charge in [-0.3, -0.25) is 9.59 Å². The van der Waals surface area contributed by atoms with Crippen LogP contribution in [0.25, 0.3) is 0 Å². The number of ether oxygens (including phenoxy) is 3. The summed E-state index contributed by atoms with van der Waals surface area (Å²) in [6.45, 7) is 11.0. The first-order valence-electron chi connectivity index (χ1n) is 13.4. The van der Waals surface area contributed by atoms with Gasteiger partial charge in [-0.1, -0.05) is 51.4 Å². The fraction of sp³-hybridized carbons (Fsp3) is 0.438. The highest BCUT2D eigenvalue weighted by molar-refractivity contribution is 9.10. The molecule has 2 aromatic rings. The molecule has 0 atom stereocenters. The molecule has 0 radical (unpaired) electrons. The Balaban J connectivity index is 1.60. The minimum atomic E-state index is -0.503. The maximum Gasteiger partial charge on any atom is 0.175 e. The molecular formula is C32H34BrClO5. The summed E-state index contributed by atoms with van der Waals surface area (Å²) in [5.74, 6) is 2.08. The van der Waals surface area contributed by atoms with Crippen LogP contribution in [0.4, 0.5) is 0 Å². The number of halogens is 2. The van der Waals surface area contributed by atoms with Gasteiger partial charge in [-0.05, 0) is 69.1 Å². The Labute approximate surface area is 243 Å². The molecule has 206 valence electrons. The van der Waals surface area contributed by atoms with Crippen LogP contribution in [0.3, 0.4) is 0 Å². The summed E-state index contributed by atoms with van der Waals surface area (Å²) < 4.78 is 19.4. The molecule has 39 heavy (non-hydrogen) atoms. The van der Waals surface area contributed by atoms with E-state index in [2.05, 4.69) is 43.6 Å². The monoisotopic (exact) mass is 612 g/mol. The lowest BCUT2D eigenvalue weighted by molar-refractivity contribution is -0.120. The molecule has 0 spiro atoms. The van der Waals surface area contributed by atoms with Gasteiger partial charge >= 0.3 is 0 Å². The number of carbonyl (C=O) groups excluding carboxylic acids is 2. The molecule has 5 nitrogen and oxygen atoms in total. The van der Waals surface area contributed by atoms with Crippen LogP contribution in [0.15, 0.2) is 63.5 Å². The molecule has 7 heteroatoms. The number of hydrogen-bond acceptors (Lipinski definition) is 5. The van der Waals surface area contributed by atoms with Gasteiger partial charge in [0.15, 0.2) is 23.1 Å². The van der Waals surface area contributed by atoms with E-state index in [4.69, 9.17) is 25.8 Å². The van der Waals surface area contributed by atoms with E-state index in [-0.39, 0.29) is 22.4 Å². The lowest BCUT2D eigenvalue weighted by Gasteiger charge is -2.42. The van der Waals surface area contributed by atoms with Crippen molar-refractivity contribution >= 4 is 39.1 Å². The molecule has 0 saturated carbocycles. The fourth-order valence-corrected chi connectivity index (χ4v) is 6.60. The second kappa shape index (κ2) is 10.4. The van der Waals surface area contributed by atoms with Crippen molar-refractivity contribution in [3.05, 3.63) is 79.7 Å². The maximum absolute atomic E-state index is 13.6. The Morgan fingerprint density at radius 1 is 0.897 bits per heavy atom. The van der Waals surface area contributed by atoms with E-state index in [0.717, 1.165) is 11.1 Å². The van der Waals surface area contributed by atoms with E-state index in [9.17, 15) is 9.59 Å². The second-order valence-electron chi connectivity index (χ2n) is 12.3. The summed E-state index contributed by atoms with van der Waals surface area (Å²) >= 11 is 9.73. The predicted molar refractivity (Wildman–Crippen MR) is 155 cm³/mol. The van der Waals surface area contributed by atoms with Crippen LogP contribution in [-0.2, 0) is 20.9 Å². The molecule has 2 aliphatic carbocycles. The number of carbonyl (C=O) groups is 2. The highest BCUT2D eigenvalue weighted by atomic mass is 79.9. The van der Waals surface area contributed by atoms with Crippen molar-refractivity contribution in [3.8, 4) is 11.5 Å². The molecule has 0 N–H and O–H groups in total. The van der Waals surface area contributed by atoms with Gasteiger partial charge in [-0.2, -0.15) is 0 Å². The maximum atomic E-state index is 13.6. The average Bonchev–Trinajstić information content (AvgIpc) is 2.81. The van der Waals surface area contributed by atoms with E-state index in [1.807, 2.05) is 43.3 Å². The van der Waals surface area contributed by atoms with Gasteiger partial charge in [0.2, 0.25) is 0 Å². The van der Waals surface area contributed by atoms with E-state index in [1.165, 1.54) is 0 Å². The Bertz CT molecular complexity index is 1350. The third-order valence-electron chi connectivity index (χ3n) is 7.54. The molecule has 0 amide bonds. The Hall–Kier alpha value is -2.57. The van der Waals surface area contributed by atoms with Crippen LogP contribution < -0.4 is 9.47 Å². The predicted octanol–water partition coefficient (Wildman–Crippen LogP) is 8.48. The number of benzene rings is 2. The topological polar surface area (TPSA) is 61.8 Å². The average molecular weight is 614 g/mol. The zero-order valence-electron chi connectivity index (χ0n) is 23.1. The van der Waals surface area contributed by atoms with E-state index < -0.39 is 5.92 Å². The van der Waals surface area contributed by atoms with Crippen molar-refractivity contribution < 1.29 is 23.8 Å². The highest BCUT2D eigenvalue weighted by Crippen LogP contribution is 2.54. The van der Waals surface area contributed by atoms with E-state index in [1.54, 1.807) is 0 Å². The van der Waals surface area contributed by atoms with Gasteiger partial charge in [0, 0.05) is 47.8 Å². The van der Waals surface area contributed by atoms with Crippen molar-refractivity contribution in [3.63, 3.8) is 0 Å². The van der Waals surface area contributed by atoms with Crippen molar-refractivity contribution in [2.24, 2.45) is 10.8 Å². The number of ketones is 2. The van der Waals surface area contributed by atoms with E-state index >= 15 is 0 Å². The number of Topliss-reactive ketones (excluding diaryl/α,β-unsaturated/α-hetero) is 2. The van der Waals surface area contributed by atoms with Gasteiger partial charge in [-0.25, -0.2) is 0 Å². The molecule has 0 bridgehead atoms. The van der Waals surface area contributed by atoms with Gasteiger partial charge in [0.25, 0.3) is 0 Å². The van der Waals surface area contributed by atoms with Crippen LogP contribution in [0.5, 0.6) is 11.5 Å². The normalized spacial score (nSPS) is 20.4. The summed E-state index contributed by atoms with van der Waals surface area (Å²) in [6.07, 6.45) is 2.13. The Kier molecular flexibility index (Phi) is 7.49. The number of hydrogen-bond donors (Lipinski definition) is 0. The zero-order chi connectivity index (χ0) is 28.1. The zero-order valence-corrected chi connectivity index (χ0v) is 25.4. The minimum absolute atomic E-state index is 0.0348. The number of rotatable bonds is 6. The van der Waals surface area contributed by atoms with Crippen molar-refractivity contribution in [2.75, 3.05) is 6.61 Å². The number of allylic oxidation sites excluding steroid dienone is 4. The molecular weight excluding hydrogens is 580 g/mol. The summed E-state index contributed by atoms with van der Waals surface area (Å²) in [7, 11) is 0. The molecule has 5 rings (SSSR count). The van der Waals surface area contributed by atoms with Crippen LogP contribution in [-0.4, -0.2) is 18.2 Å². The van der Waals surface area contributed by atoms with Crippen molar-refractivity contribution in [2.45, 2.75) is 72.8 Å². The minimum Gasteiger partial charge on any atom is -0.490 e. The van der Waals surface area contributed by atoms with Crippen LogP contribution in [0, 0.1) is 10.8 Å². The molecule has 0 aromatic heterocycles. The first kappa shape index (κ1) is 28.0. The van der Waals surface area contributed by atoms with Crippen LogP contribution >= 0.6 is 27.5 Å². The Morgan fingerprint density at radius 3 is 2.00 bits per heavy atom. The summed E-state index contributed by atoms with van der Waals surface area (Å²) in [5.41, 5.74) is 2.58. The Morgan fingerprint density at radius 2 is 1.46 bits per heavy atom. The lowest BCUT2D eigenvalue weighted by Crippen LogP contribution is -2.37.